The molecule has 0 unspecified atom stereocenters. The Kier molecular flexibility index (Phi) is 5.15. The minimum atomic E-state index is -0.243. The number of carbonyl (C=O) groups is 1. The molecule has 1 aliphatic heterocycles. The molecule has 1 fully saturated rings. The van der Waals surface area contributed by atoms with Gasteiger partial charge in [0.2, 0.25) is 5.91 Å². The topological polar surface area (TPSA) is 76.3 Å². The summed E-state index contributed by atoms with van der Waals surface area (Å²) in [5, 5.41) is 5.20. The number of aromatic nitrogens is 4. The molecule has 4 rings (SSSR count). The van der Waals surface area contributed by atoms with E-state index in [0.29, 0.717) is 24.1 Å². The van der Waals surface area contributed by atoms with E-state index >= 15 is 0 Å². The van der Waals surface area contributed by atoms with Crippen LogP contribution in [0, 0.1) is 0 Å². The fraction of sp³-hybridized carbons (Fsp3) is 0.368. The van der Waals surface area contributed by atoms with Gasteiger partial charge in [-0.2, -0.15) is 5.10 Å². The molecular weight excluding hydrogens is 380 g/mol. The van der Waals surface area contributed by atoms with Crippen molar-refractivity contribution in [2.75, 3.05) is 26.2 Å². The fourth-order valence-corrected chi connectivity index (χ4v) is 3.55. The largest absolute Gasteiger partial charge is 0.339 e. The summed E-state index contributed by atoms with van der Waals surface area (Å²) < 4.78 is 2.90. The van der Waals surface area contributed by atoms with Crippen LogP contribution in [-0.2, 0) is 24.9 Å². The summed E-state index contributed by atoms with van der Waals surface area (Å²) in [5.41, 5.74) is 1.48. The van der Waals surface area contributed by atoms with Crippen LogP contribution in [0.3, 0.4) is 0 Å². The number of fused-ring (bicyclic) bond motifs is 1. The van der Waals surface area contributed by atoms with Gasteiger partial charge >= 0.3 is 0 Å². The molecule has 1 aliphatic rings. The highest BCUT2D eigenvalue weighted by atomic mass is 35.5. The third kappa shape index (κ3) is 3.79. The van der Waals surface area contributed by atoms with Crippen molar-refractivity contribution >= 4 is 28.5 Å². The minimum Gasteiger partial charge on any atom is -0.339 e. The van der Waals surface area contributed by atoms with E-state index < -0.39 is 0 Å². The van der Waals surface area contributed by atoms with Gasteiger partial charge in [-0.05, 0) is 17.7 Å². The van der Waals surface area contributed by atoms with Crippen molar-refractivity contribution in [3.63, 3.8) is 0 Å². The molecule has 1 amide bonds. The number of rotatable bonds is 4. The number of aryl methyl sites for hydroxylation is 1. The summed E-state index contributed by atoms with van der Waals surface area (Å²) in [6, 6.07) is 7.82. The number of benzene rings is 1. The maximum Gasteiger partial charge on any atom is 0.264 e. The van der Waals surface area contributed by atoms with Crippen LogP contribution in [0.4, 0.5) is 0 Å². The van der Waals surface area contributed by atoms with Crippen LogP contribution in [0.15, 0.2) is 41.6 Å². The lowest BCUT2D eigenvalue weighted by molar-refractivity contribution is -0.133. The van der Waals surface area contributed by atoms with Crippen LogP contribution in [0.5, 0.6) is 0 Å². The summed E-state index contributed by atoms with van der Waals surface area (Å²) in [7, 11) is 1.73. The Morgan fingerprint density at radius 1 is 1.14 bits per heavy atom. The van der Waals surface area contributed by atoms with Crippen LogP contribution in [0.25, 0.3) is 11.0 Å². The summed E-state index contributed by atoms with van der Waals surface area (Å²) in [6.07, 6.45) is 2.90. The summed E-state index contributed by atoms with van der Waals surface area (Å²) >= 11 is 5.93. The van der Waals surface area contributed by atoms with E-state index in [4.69, 9.17) is 11.6 Å². The smallest absolute Gasteiger partial charge is 0.264 e. The Morgan fingerprint density at radius 3 is 2.57 bits per heavy atom. The lowest BCUT2D eigenvalue weighted by atomic mass is 10.2. The molecule has 0 aliphatic carbocycles. The van der Waals surface area contributed by atoms with Crippen molar-refractivity contribution in [1.82, 2.24) is 29.1 Å². The zero-order valence-corrected chi connectivity index (χ0v) is 16.3. The van der Waals surface area contributed by atoms with Gasteiger partial charge in [0.05, 0.1) is 6.20 Å². The molecular formula is C19H21ClN6O2. The van der Waals surface area contributed by atoms with Gasteiger partial charge in [-0.25, -0.2) is 4.98 Å². The highest BCUT2D eigenvalue weighted by Crippen LogP contribution is 2.13. The third-order valence-electron chi connectivity index (χ3n) is 5.07. The molecule has 8 nitrogen and oxygen atoms in total. The maximum absolute atomic E-state index is 12.6. The van der Waals surface area contributed by atoms with Crippen molar-refractivity contribution in [2.24, 2.45) is 7.05 Å². The van der Waals surface area contributed by atoms with E-state index in [0.717, 1.165) is 24.7 Å². The molecule has 3 heterocycles. The van der Waals surface area contributed by atoms with E-state index in [9.17, 15) is 9.59 Å². The molecule has 1 aromatic carbocycles. The number of piperazine rings is 1. The van der Waals surface area contributed by atoms with E-state index in [-0.39, 0.29) is 18.0 Å². The van der Waals surface area contributed by atoms with E-state index in [1.54, 1.807) is 16.6 Å². The molecule has 3 aromatic rings. The Bertz CT molecular complexity index is 1050. The first-order chi connectivity index (χ1) is 13.5. The van der Waals surface area contributed by atoms with E-state index in [1.807, 2.05) is 24.3 Å². The van der Waals surface area contributed by atoms with Crippen molar-refractivity contribution in [3.05, 3.63) is 57.7 Å². The summed E-state index contributed by atoms with van der Waals surface area (Å²) in [5.74, 6) is -0.0710. The second-order valence-electron chi connectivity index (χ2n) is 6.97. The molecule has 1 saturated heterocycles. The molecule has 0 saturated carbocycles. The predicted molar refractivity (Wildman–Crippen MR) is 106 cm³/mol. The first kappa shape index (κ1) is 18.6. The molecule has 0 bridgehead atoms. The molecule has 2 aromatic heterocycles. The molecule has 146 valence electrons. The van der Waals surface area contributed by atoms with Gasteiger partial charge in [-0.3, -0.25) is 23.7 Å². The van der Waals surface area contributed by atoms with Crippen LogP contribution in [0.1, 0.15) is 5.56 Å². The second kappa shape index (κ2) is 7.73. The zero-order valence-electron chi connectivity index (χ0n) is 15.6. The van der Waals surface area contributed by atoms with Gasteiger partial charge in [0.1, 0.15) is 18.3 Å². The lowest BCUT2D eigenvalue weighted by Crippen LogP contribution is -2.49. The molecule has 9 heteroatoms. The first-order valence-electron chi connectivity index (χ1n) is 9.13. The predicted octanol–water partition coefficient (Wildman–Crippen LogP) is 1.13. The van der Waals surface area contributed by atoms with E-state index in [2.05, 4.69) is 15.0 Å². The number of hydrogen-bond donors (Lipinski definition) is 0. The highest BCUT2D eigenvalue weighted by molar-refractivity contribution is 6.30. The number of halogens is 1. The normalized spacial score (nSPS) is 15.3. The fourth-order valence-electron chi connectivity index (χ4n) is 3.43. The minimum absolute atomic E-state index is 0.00610. The standard InChI is InChI=1S/C19H21ClN6O2/c1-23-18-16(10-22-23)19(28)26(13-21-18)12-17(27)25-8-6-24(7-9-25)11-14-2-4-15(20)5-3-14/h2-5,10,13H,6-9,11-12H2,1H3. The van der Waals surface area contributed by atoms with E-state index in [1.165, 1.54) is 22.7 Å². The highest BCUT2D eigenvalue weighted by Gasteiger charge is 2.22. The third-order valence-corrected chi connectivity index (χ3v) is 5.32. The number of carbonyl (C=O) groups excluding carboxylic acids is 1. The Morgan fingerprint density at radius 2 is 1.86 bits per heavy atom. The number of nitrogens with zero attached hydrogens (tertiary/aromatic N) is 6. The molecule has 0 N–H and O–H groups in total. The molecule has 28 heavy (non-hydrogen) atoms. The van der Waals surface area contributed by atoms with Gasteiger partial charge in [0.25, 0.3) is 5.56 Å². The lowest BCUT2D eigenvalue weighted by Gasteiger charge is -2.34. The maximum atomic E-state index is 12.6. The van der Waals surface area contributed by atoms with Crippen molar-refractivity contribution in [2.45, 2.75) is 13.1 Å². The average Bonchev–Trinajstić information content (AvgIpc) is 3.08. The van der Waals surface area contributed by atoms with Crippen LogP contribution in [-0.4, -0.2) is 61.2 Å². The average molecular weight is 401 g/mol. The van der Waals surface area contributed by atoms with Gasteiger partial charge in [0.15, 0.2) is 5.65 Å². The van der Waals surface area contributed by atoms with Crippen molar-refractivity contribution in [1.29, 1.82) is 0 Å². The van der Waals surface area contributed by atoms with Crippen molar-refractivity contribution < 1.29 is 4.79 Å². The van der Waals surface area contributed by atoms with Crippen molar-refractivity contribution in [3.8, 4) is 0 Å². The molecule has 0 atom stereocenters. The van der Waals surface area contributed by atoms with Gasteiger partial charge in [-0.15, -0.1) is 0 Å². The van der Waals surface area contributed by atoms with Gasteiger partial charge in [0, 0.05) is 44.8 Å². The number of hydrogen-bond acceptors (Lipinski definition) is 5. The Hall–Kier alpha value is -2.71. The van der Waals surface area contributed by atoms with Gasteiger partial charge < -0.3 is 4.90 Å². The first-order valence-corrected chi connectivity index (χ1v) is 9.51. The molecule has 0 radical (unpaired) electrons. The monoisotopic (exact) mass is 400 g/mol. The van der Waals surface area contributed by atoms with Crippen LogP contribution < -0.4 is 5.56 Å². The van der Waals surface area contributed by atoms with Crippen LogP contribution >= 0.6 is 11.6 Å². The Balaban J connectivity index is 1.36. The van der Waals surface area contributed by atoms with Gasteiger partial charge in [-0.1, -0.05) is 23.7 Å². The SMILES string of the molecule is Cn1ncc2c(=O)n(CC(=O)N3CCN(Cc4ccc(Cl)cc4)CC3)cnc21. The number of amides is 1. The quantitative estimate of drug-likeness (QED) is 0.656. The second-order valence-corrected chi connectivity index (χ2v) is 7.40. The summed E-state index contributed by atoms with van der Waals surface area (Å²) in [4.78, 5) is 33.5. The molecule has 0 spiro atoms. The Labute approximate surface area is 166 Å². The summed E-state index contributed by atoms with van der Waals surface area (Å²) in [6.45, 7) is 3.70. The zero-order chi connectivity index (χ0) is 19.7. The van der Waals surface area contributed by atoms with Crippen LogP contribution in [0.2, 0.25) is 5.02 Å².